The Kier molecular flexibility index (Phi) is 3.57. The lowest BCUT2D eigenvalue weighted by Gasteiger charge is -2.23. The third-order valence-electron chi connectivity index (χ3n) is 3.60. The number of amides is 1. The fourth-order valence-electron chi connectivity index (χ4n) is 2.49. The third-order valence-corrected chi connectivity index (χ3v) is 3.60. The maximum absolute atomic E-state index is 11.9. The van der Waals surface area contributed by atoms with E-state index >= 15 is 0 Å². The van der Waals surface area contributed by atoms with Crippen LogP contribution < -0.4 is 5.32 Å². The fourth-order valence-corrected chi connectivity index (χ4v) is 2.49. The number of rotatable bonds is 3. The Morgan fingerprint density at radius 1 is 1.37 bits per heavy atom. The second-order valence-electron chi connectivity index (χ2n) is 6.35. The summed E-state index contributed by atoms with van der Waals surface area (Å²) in [6.07, 6.45) is 1.46. The number of carbonyl (C=O) groups excluding carboxylic acids is 1. The van der Waals surface area contributed by atoms with Crippen molar-refractivity contribution in [2.45, 2.75) is 57.6 Å². The van der Waals surface area contributed by atoms with Gasteiger partial charge in [0.05, 0.1) is 0 Å². The van der Waals surface area contributed by atoms with Gasteiger partial charge in [0.2, 0.25) is 0 Å². The van der Waals surface area contributed by atoms with Gasteiger partial charge in [0.15, 0.2) is 0 Å². The molecule has 2 atom stereocenters. The zero-order chi connectivity index (χ0) is 14.1. The van der Waals surface area contributed by atoms with E-state index in [9.17, 15) is 4.79 Å². The van der Waals surface area contributed by atoms with Crippen molar-refractivity contribution < 1.29 is 9.53 Å². The Bertz CT molecular complexity index is 450. The van der Waals surface area contributed by atoms with Crippen LogP contribution in [0, 0.1) is 0 Å². The van der Waals surface area contributed by atoms with Crippen molar-refractivity contribution >= 4 is 6.09 Å². The molecule has 0 saturated heterocycles. The van der Waals surface area contributed by atoms with Gasteiger partial charge < -0.3 is 10.1 Å². The quantitative estimate of drug-likeness (QED) is 0.897. The first kappa shape index (κ1) is 13.9. The van der Waals surface area contributed by atoms with Crippen molar-refractivity contribution in [2.24, 2.45) is 0 Å². The first-order chi connectivity index (χ1) is 8.86. The van der Waals surface area contributed by atoms with Crippen molar-refractivity contribution in [3.05, 3.63) is 35.9 Å². The first-order valence-corrected chi connectivity index (χ1v) is 6.92. The molecular weight excluding hydrogens is 238 g/mol. The minimum absolute atomic E-state index is 0.261. The molecule has 1 amide bonds. The maximum atomic E-state index is 11.9. The van der Waals surface area contributed by atoms with Gasteiger partial charge in [-0.1, -0.05) is 37.3 Å². The molecule has 104 valence electrons. The summed E-state index contributed by atoms with van der Waals surface area (Å²) in [6.45, 7) is 7.94. The largest absolute Gasteiger partial charge is 0.442 e. The van der Waals surface area contributed by atoms with Crippen LogP contribution in [0.25, 0.3) is 0 Å². The number of benzene rings is 1. The van der Waals surface area contributed by atoms with Gasteiger partial charge >= 0.3 is 6.09 Å². The summed E-state index contributed by atoms with van der Waals surface area (Å²) in [5, 5.41) is 2.86. The van der Waals surface area contributed by atoms with Gasteiger partial charge in [0.25, 0.3) is 0 Å². The van der Waals surface area contributed by atoms with Crippen LogP contribution in [0.4, 0.5) is 4.79 Å². The van der Waals surface area contributed by atoms with E-state index in [-0.39, 0.29) is 17.2 Å². The topological polar surface area (TPSA) is 38.3 Å². The monoisotopic (exact) mass is 261 g/mol. The van der Waals surface area contributed by atoms with Crippen LogP contribution in [0.5, 0.6) is 0 Å². The number of hydrogen-bond donors (Lipinski definition) is 1. The van der Waals surface area contributed by atoms with E-state index in [1.807, 2.05) is 39.0 Å². The number of ether oxygens (including phenoxy) is 1. The number of nitrogens with one attached hydrogen (secondary N) is 1. The van der Waals surface area contributed by atoms with Gasteiger partial charge in [-0.25, -0.2) is 4.79 Å². The molecule has 3 heteroatoms. The van der Waals surface area contributed by atoms with Gasteiger partial charge in [-0.2, -0.15) is 0 Å². The highest BCUT2D eigenvalue weighted by Crippen LogP contribution is 2.56. The summed E-state index contributed by atoms with van der Waals surface area (Å²) < 4.78 is 5.69. The molecule has 1 aliphatic rings. The van der Waals surface area contributed by atoms with Crippen LogP contribution in [0.3, 0.4) is 0 Å². The number of alkyl carbamates (subject to hydrolysis) is 1. The van der Waals surface area contributed by atoms with E-state index in [0.717, 1.165) is 12.8 Å². The summed E-state index contributed by atoms with van der Waals surface area (Å²) in [7, 11) is 0. The number of carbonyl (C=O) groups is 1. The normalized spacial score (nSPS) is 25.8. The second kappa shape index (κ2) is 4.87. The summed E-state index contributed by atoms with van der Waals surface area (Å²) >= 11 is 0. The molecule has 0 radical (unpaired) electrons. The highest BCUT2D eigenvalue weighted by Gasteiger charge is 2.57. The van der Waals surface area contributed by atoms with Crippen LogP contribution in [0.2, 0.25) is 0 Å². The second-order valence-corrected chi connectivity index (χ2v) is 6.35. The van der Waals surface area contributed by atoms with Crippen molar-refractivity contribution in [3.8, 4) is 0 Å². The van der Waals surface area contributed by atoms with Gasteiger partial charge in [-0.15, -0.1) is 0 Å². The molecule has 0 aliphatic heterocycles. The van der Waals surface area contributed by atoms with E-state index in [0.29, 0.717) is 5.92 Å². The highest BCUT2D eigenvalue weighted by molar-refractivity contribution is 5.69. The minimum atomic E-state index is -0.312. The number of hydrogen-bond acceptors (Lipinski definition) is 2. The molecular formula is C16H23NO2. The van der Waals surface area contributed by atoms with Gasteiger partial charge in [0.1, 0.15) is 5.60 Å². The van der Waals surface area contributed by atoms with Crippen LogP contribution >= 0.6 is 0 Å². The first-order valence-electron chi connectivity index (χ1n) is 6.92. The van der Waals surface area contributed by atoms with Crippen LogP contribution in [-0.2, 0) is 4.74 Å². The summed E-state index contributed by atoms with van der Waals surface area (Å²) in [5.74, 6) is 0.337. The predicted octanol–water partition coefficient (Wildman–Crippen LogP) is 3.85. The van der Waals surface area contributed by atoms with Gasteiger partial charge in [0, 0.05) is 11.5 Å². The van der Waals surface area contributed by atoms with Crippen molar-refractivity contribution in [1.82, 2.24) is 5.32 Å². The lowest BCUT2D eigenvalue weighted by atomic mass is 10.1. The third kappa shape index (κ3) is 3.28. The van der Waals surface area contributed by atoms with Crippen molar-refractivity contribution in [1.29, 1.82) is 0 Å². The highest BCUT2D eigenvalue weighted by atomic mass is 16.6. The zero-order valence-electron chi connectivity index (χ0n) is 12.2. The molecule has 0 heterocycles. The molecule has 3 nitrogen and oxygen atoms in total. The van der Waals surface area contributed by atoms with E-state index in [1.54, 1.807) is 0 Å². The smallest absolute Gasteiger partial charge is 0.408 e. The Morgan fingerprint density at radius 2 is 2.00 bits per heavy atom. The van der Waals surface area contributed by atoms with Gasteiger partial charge in [-0.3, -0.25) is 0 Å². The summed E-state index contributed by atoms with van der Waals surface area (Å²) in [5.41, 5.74) is 0.688. The zero-order valence-corrected chi connectivity index (χ0v) is 12.2. The molecule has 1 saturated carbocycles. The SMILES string of the molecule is CCC1(OC(=O)NC(C)(C)C)CC1c1ccccc1. The molecule has 1 aromatic rings. The molecule has 2 unspecified atom stereocenters. The molecule has 1 fully saturated rings. The Labute approximate surface area is 115 Å². The van der Waals surface area contributed by atoms with E-state index in [4.69, 9.17) is 4.74 Å². The lowest BCUT2D eigenvalue weighted by Crippen LogP contribution is -2.42. The predicted molar refractivity (Wildman–Crippen MR) is 76.2 cm³/mol. The average Bonchev–Trinajstić information content (AvgIpc) is 3.02. The maximum Gasteiger partial charge on any atom is 0.408 e. The molecule has 0 aromatic heterocycles. The molecule has 0 spiro atoms. The Balaban J connectivity index is 2.01. The minimum Gasteiger partial charge on any atom is -0.442 e. The Hall–Kier alpha value is -1.51. The van der Waals surface area contributed by atoms with Gasteiger partial charge in [-0.05, 0) is 39.2 Å². The molecule has 2 rings (SSSR count). The van der Waals surface area contributed by atoms with E-state index in [2.05, 4.69) is 24.4 Å². The molecule has 1 aromatic carbocycles. The van der Waals surface area contributed by atoms with Crippen molar-refractivity contribution in [2.75, 3.05) is 0 Å². The standard InChI is InChI=1S/C16H23NO2/c1-5-16(19-14(18)17-15(2,3)4)11-13(16)12-9-7-6-8-10-12/h6-10,13H,5,11H2,1-4H3,(H,17,18). The molecule has 1 aliphatic carbocycles. The van der Waals surface area contributed by atoms with E-state index in [1.165, 1.54) is 5.56 Å². The molecule has 19 heavy (non-hydrogen) atoms. The summed E-state index contributed by atoms with van der Waals surface area (Å²) in [6, 6.07) is 10.3. The van der Waals surface area contributed by atoms with E-state index < -0.39 is 0 Å². The van der Waals surface area contributed by atoms with Crippen LogP contribution in [0.15, 0.2) is 30.3 Å². The molecule has 1 N–H and O–H groups in total. The summed E-state index contributed by atoms with van der Waals surface area (Å²) in [4.78, 5) is 11.9. The Morgan fingerprint density at radius 3 is 2.53 bits per heavy atom. The van der Waals surface area contributed by atoms with Crippen LogP contribution in [-0.4, -0.2) is 17.2 Å². The fraction of sp³-hybridized carbons (Fsp3) is 0.562. The average molecular weight is 261 g/mol. The lowest BCUT2D eigenvalue weighted by molar-refractivity contribution is 0.0705. The van der Waals surface area contributed by atoms with Crippen molar-refractivity contribution in [3.63, 3.8) is 0 Å². The molecule has 0 bridgehead atoms. The van der Waals surface area contributed by atoms with Crippen LogP contribution in [0.1, 0.15) is 52.0 Å².